The van der Waals surface area contributed by atoms with Crippen molar-refractivity contribution in [3.63, 3.8) is 0 Å². The molecule has 0 aliphatic heterocycles. The molecule has 0 fully saturated rings. The van der Waals surface area contributed by atoms with E-state index in [4.69, 9.17) is 14.6 Å². The van der Waals surface area contributed by atoms with Crippen LogP contribution >= 0.6 is 0 Å². The van der Waals surface area contributed by atoms with Crippen LogP contribution < -0.4 is 4.74 Å². The fourth-order valence-corrected chi connectivity index (χ4v) is 2.40. The second-order valence-corrected chi connectivity index (χ2v) is 5.91. The molecule has 0 spiro atoms. The van der Waals surface area contributed by atoms with Gasteiger partial charge < -0.3 is 14.6 Å². The molecule has 5 nitrogen and oxygen atoms in total. The Bertz CT molecular complexity index is 562. The number of carbonyl (C=O) groups excluding carboxylic acids is 2. The van der Waals surface area contributed by atoms with Crippen molar-refractivity contribution in [1.29, 1.82) is 0 Å². The molecular weight excluding hydrogens is 320 g/mol. The third-order valence-corrected chi connectivity index (χ3v) is 3.78. The Labute approximate surface area is 149 Å². The first-order valence-electron chi connectivity index (χ1n) is 8.69. The number of hydrogen-bond donors (Lipinski definition) is 1. The van der Waals surface area contributed by atoms with Crippen LogP contribution in [0.1, 0.15) is 57.6 Å². The number of esters is 1. The quantitative estimate of drug-likeness (QED) is 0.460. The van der Waals surface area contributed by atoms with Crippen molar-refractivity contribution in [1.82, 2.24) is 0 Å². The lowest BCUT2D eigenvalue weighted by molar-refractivity contribution is -0.147. The largest absolute Gasteiger partial charge is 0.491 e. The van der Waals surface area contributed by atoms with Crippen LogP contribution in [0.5, 0.6) is 5.75 Å². The summed E-state index contributed by atoms with van der Waals surface area (Å²) in [5.41, 5.74) is 1.44. The zero-order valence-corrected chi connectivity index (χ0v) is 15.1. The zero-order valence-electron chi connectivity index (χ0n) is 15.1. The van der Waals surface area contributed by atoms with E-state index in [1.807, 2.05) is 0 Å². The number of benzene rings is 1. The van der Waals surface area contributed by atoms with Gasteiger partial charge in [0.15, 0.2) is 5.78 Å². The molecule has 5 heteroatoms. The Morgan fingerprint density at radius 2 is 1.88 bits per heavy atom. The van der Waals surface area contributed by atoms with Crippen LogP contribution in [-0.2, 0) is 14.3 Å². The van der Waals surface area contributed by atoms with E-state index in [0.29, 0.717) is 30.6 Å². The van der Waals surface area contributed by atoms with Crippen LogP contribution in [0.15, 0.2) is 36.4 Å². The average molecular weight is 348 g/mol. The summed E-state index contributed by atoms with van der Waals surface area (Å²) in [5, 5.41) is 8.77. The molecule has 0 saturated carbocycles. The summed E-state index contributed by atoms with van der Waals surface area (Å²) in [4.78, 5) is 23.5. The maximum atomic E-state index is 12.2. The lowest BCUT2D eigenvalue weighted by atomic mass is 9.98. The van der Waals surface area contributed by atoms with Crippen molar-refractivity contribution in [2.45, 2.75) is 52.1 Å². The molecule has 0 saturated heterocycles. The zero-order chi connectivity index (χ0) is 18.7. The van der Waals surface area contributed by atoms with Gasteiger partial charge in [-0.15, -0.1) is 0 Å². The molecule has 1 aromatic carbocycles. The third-order valence-electron chi connectivity index (χ3n) is 3.78. The van der Waals surface area contributed by atoms with Crippen molar-refractivity contribution >= 4 is 11.8 Å². The van der Waals surface area contributed by atoms with E-state index in [1.54, 1.807) is 24.3 Å². The van der Waals surface area contributed by atoms with Gasteiger partial charge in [0.1, 0.15) is 18.5 Å². The SMILES string of the molecule is C=C(CCCC)C(=O)CC[C@@H](OC(C)=O)c1ccc(OCCO)cc1. The molecule has 0 unspecified atom stereocenters. The molecule has 1 N–H and O–H groups in total. The Hall–Kier alpha value is -2.14. The van der Waals surface area contributed by atoms with Crippen molar-refractivity contribution in [3.8, 4) is 5.75 Å². The third kappa shape index (κ3) is 7.98. The van der Waals surface area contributed by atoms with Gasteiger partial charge >= 0.3 is 5.97 Å². The van der Waals surface area contributed by atoms with Gasteiger partial charge in [-0.2, -0.15) is 0 Å². The van der Waals surface area contributed by atoms with E-state index in [1.165, 1.54) is 6.92 Å². The number of allylic oxidation sites excluding steroid dienone is 1. The molecule has 0 aromatic heterocycles. The van der Waals surface area contributed by atoms with Crippen molar-refractivity contribution < 1.29 is 24.2 Å². The van der Waals surface area contributed by atoms with E-state index in [9.17, 15) is 9.59 Å². The molecule has 25 heavy (non-hydrogen) atoms. The highest BCUT2D eigenvalue weighted by molar-refractivity contribution is 5.94. The van der Waals surface area contributed by atoms with Gasteiger partial charge in [-0.3, -0.25) is 9.59 Å². The van der Waals surface area contributed by atoms with Gasteiger partial charge in [0, 0.05) is 13.3 Å². The molecule has 0 heterocycles. The summed E-state index contributed by atoms with van der Waals surface area (Å²) in [5.74, 6) is 0.264. The fraction of sp³-hybridized carbons (Fsp3) is 0.500. The number of ketones is 1. The topological polar surface area (TPSA) is 72.8 Å². The minimum Gasteiger partial charge on any atom is -0.491 e. The van der Waals surface area contributed by atoms with E-state index in [2.05, 4.69) is 13.5 Å². The molecule has 0 bridgehead atoms. The number of aliphatic hydroxyl groups is 1. The number of Topliss-reactive ketones (excluding diaryl/α,β-unsaturated/α-hetero) is 1. The maximum absolute atomic E-state index is 12.2. The molecule has 1 aromatic rings. The van der Waals surface area contributed by atoms with Gasteiger partial charge in [0.25, 0.3) is 0 Å². The summed E-state index contributed by atoms with van der Waals surface area (Å²) < 4.78 is 10.7. The van der Waals surface area contributed by atoms with E-state index in [-0.39, 0.29) is 25.0 Å². The minimum absolute atomic E-state index is 0.0218. The number of unbranched alkanes of at least 4 members (excludes halogenated alkanes) is 1. The molecule has 0 amide bonds. The predicted octanol–water partition coefficient (Wildman–Crippen LogP) is 3.76. The van der Waals surface area contributed by atoms with Crippen molar-refractivity contribution in [3.05, 3.63) is 42.0 Å². The van der Waals surface area contributed by atoms with Crippen LogP contribution in [-0.4, -0.2) is 30.1 Å². The first-order chi connectivity index (χ1) is 12.0. The smallest absolute Gasteiger partial charge is 0.303 e. The lowest BCUT2D eigenvalue weighted by Crippen LogP contribution is -2.12. The Morgan fingerprint density at radius 1 is 1.20 bits per heavy atom. The predicted molar refractivity (Wildman–Crippen MR) is 96.4 cm³/mol. The summed E-state index contributed by atoms with van der Waals surface area (Å²) in [6.45, 7) is 7.45. The molecule has 1 rings (SSSR count). The Kier molecular flexibility index (Phi) is 9.55. The number of aliphatic hydroxyl groups excluding tert-OH is 1. The first kappa shape index (κ1) is 20.9. The summed E-state index contributed by atoms with van der Waals surface area (Å²) in [6, 6.07) is 7.11. The van der Waals surface area contributed by atoms with Crippen LogP contribution in [0.3, 0.4) is 0 Å². The molecule has 138 valence electrons. The second-order valence-electron chi connectivity index (χ2n) is 5.91. The Balaban J connectivity index is 2.69. The van der Waals surface area contributed by atoms with Crippen molar-refractivity contribution in [2.24, 2.45) is 0 Å². The van der Waals surface area contributed by atoms with Gasteiger partial charge in [-0.1, -0.05) is 32.1 Å². The first-order valence-corrected chi connectivity index (χ1v) is 8.69. The highest BCUT2D eigenvalue weighted by Gasteiger charge is 2.18. The Morgan fingerprint density at radius 3 is 2.44 bits per heavy atom. The summed E-state index contributed by atoms with van der Waals surface area (Å²) in [7, 11) is 0. The van der Waals surface area contributed by atoms with Gasteiger partial charge in [0.2, 0.25) is 0 Å². The van der Waals surface area contributed by atoms with Gasteiger partial charge in [-0.25, -0.2) is 0 Å². The molecule has 0 aliphatic rings. The highest BCUT2D eigenvalue weighted by atomic mass is 16.5. The number of ether oxygens (including phenoxy) is 2. The lowest BCUT2D eigenvalue weighted by Gasteiger charge is -2.18. The van der Waals surface area contributed by atoms with Crippen LogP contribution in [0.2, 0.25) is 0 Å². The summed E-state index contributed by atoms with van der Waals surface area (Å²) >= 11 is 0. The number of carbonyl (C=O) groups is 2. The van der Waals surface area contributed by atoms with E-state index in [0.717, 1.165) is 18.4 Å². The molecule has 0 radical (unpaired) electrons. The monoisotopic (exact) mass is 348 g/mol. The van der Waals surface area contributed by atoms with E-state index >= 15 is 0 Å². The van der Waals surface area contributed by atoms with Gasteiger partial charge in [-0.05, 0) is 42.5 Å². The maximum Gasteiger partial charge on any atom is 0.303 e. The number of rotatable bonds is 12. The van der Waals surface area contributed by atoms with E-state index < -0.39 is 6.10 Å². The second kappa shape index (κ2) is 11.4. The van der Waals surface area contributed by atoms with Crippen LogP contribution in [0.4, 0.5) is 0 Å². The van der Waals surface area contributed by atoms with Gasteiger partial charge in [0.05, 0.1) is 6.61 Å². The minimum atomic E-state index is -0.479. The molecule has 1 atom stereocenters. The fourth-order valence-electron chi connectivity index (χ4n) is 2.40. The normalized spacial score (nSPS) is 11.6. The van der Waals surface area contributed by atoms with Crippen LogP contribution in [0, 0.1) is 0 Å². The molecule has 0 aliphatic carbocycles. The summed E-state index contributed by atoms with van der Waals surface area (Å²) in [6.07, 6.45) is 2.92. The molecular formula is C20H28O5. The highest BCUT2D eigenvalue weighted by Crippen LogP contribution is 2.26. The number of hydrogen-bond acceptors (Lipinski definition) is 5. The van der Waals surface area contributed by atoms with Crippen molar-refractivity contribution in [2.75, 3.05) is 13.2 Å². The average Bonchev–Trinajstić information content (AvgIpc) is 2.61. The van der Waals surface area contributed by atoms with Crippen LogP contribution in [0.25, 0.3) is 0 Å². The standard InChI is InChI=1S/C20H28O5/c1-4-5-6-15(2)19(23)11-12-20(25-16(3)22)17-7-9-18(10-8-17)24-14-13-21/h7-10,20-21H,2,4-6,11-14H2,1,3H3/t20-/m1/s1.